The van der Waals surface area contributed by atoms with Gasteiger partial charge in [0.25, 0.3) is 0 Å². The van der Waals surface area contributed by atoms with E-state index >= 15 is 0 Å². The lowest BCUT2D eigenvalue weighted by Gasteiger charge is -2.12. The van der Waals surface area contributed by atoms with Crippen LogP contribution in [0.2, 0.25) is 0 Å². The summed E-state index contributed by atoms with van der Waals surface area (Å²) in [4.78, 5) is 10.9. The van der Waals surface area contributed by atoms with Gasteiger partial charge >= 0.3 is 5.97 Å². The molecule has 2 aromatic carbocycles. The second-order valence-corrected chi connectivity index (χ2v) is 5.36. The second kappa shape index (κ2) is 8.06. The Hall–Kier alpha value is -3.21. The summed E-state index contributed by atoms with van der Waals surface area (Å²) in [6, 6.07) is 21.4. The SMILES string of the molecule is CC(=O)OCCOc1cc(-c2ccccc2)nnc1-c1ccccc1. The molecule has 0 fully saturated rings. The first kappa shape index (κ1) is 16.6. The highest BCUT2D eigenvalue weighted by Gasteiger charge is 2.12. The summed E-state index contributed by atoms with van der Waals surface area (Å²) in [5.41, 5.74) is 3.25. The molecule has 0 saturated heterocycles. The molecule has 0 aliphatic carbocycles. The Bertz CT molecular complexity index is 836. The van der Waals surface area contributed by atoms with Crippen molar-refractivity contribution in [2.75, 3.05) is 13.2 Å². The molecule has 0 bridgehead atoms. The monoisotopic (exact) mass is 334 g/mol. The normalized spacial score (nSPS) is 10.3. The number of hydrogen-bond acceptors (Lipinski definition) is 5. The van der Waals surface area contributed by atoms with Gasteiger partial charge in [0, 0.05) is 24.1 Å². The largest absolute Gasteiger partial charge is 0.488 e. The van der Waals surface area contributed by atoms with E-state index in [1.54, 1.807) is 0 Å². The lowest BCUT2D eigenvalue weighted by atomic mass is 10.1. The van der Waals surface area contributed by atoms with Gasteiger partial charge in [-0.2, -0.15) is 0 Å². The topological polar surface area (TPSA) is 61.3 Å². The Morgan fingerprint density at radius 3 is 2.16 bits per heavy atom. The zero-order valence-electron chi connectivity index (χ0n) is 13.9. The van der Waals surface area contributed by atoms with Crippen molar-refractivity contribution in [3.8, 4) is 28.3 Å². The van der Waals surface area contributed by atoms with Gasteiger partial charge in [0.1, 0.15) is 24.7 Å². The first-order chi connectivity index (χ1) is 12.2. The number of benzene rings is 2. The quantitative estimate of drug-likeness (QED) is 0.507. The minimum atomic E-state index is -0.329. The van der Waals surface area contributed by atoms with Crippen molar-refractivity contribution in [3.63, 3.8) is 0 Å². The molecule has 3 rings (SSSR count). The molecule has 1 aromatic heterocycles. The third kappa shape index (κ3) is 4.41. The number of esters is 1. The van der Waals surface area contributed by atoms with Crippen molar-refractivity contribution in [2.24, 2.45) is 0 Å². The van der Waals surface area contributed by atoms with E-state index < -0.39 is 0 Å². The van der Waals surface area contributed by atoms with Crippen LogP contribution in [0.5, 0.6) is 5.75 Å². The number of nitrogens with zero attached hydrogens (tertiary/aromatic N) is 2. The van der Waals surface area contributed by atoms with Gasteiger partial charge in [0.05, 0.1) is 5.69 Å². The molecule has 0 aliphatic rings. The summed E-state index contributed by atoms with van der Waals surface area (Å²) in [5.74, 6) is 0.275. The zero-order valence-corrected chi connectivity index (χ0v) is 13.9. The molecule has 3 aromatic rings. The van der Waals surface area contributed by atoms with Crippen LogP contribution in [-0.4, -0.2) is 29.4 Å². The maximum Gasteiger partial charge on any atom is 0.302 e. The Labute approximate surface area is 146 Å². The fraction of sp³-hybridized carbons (Fsp3) is 0.150. The number of hydrogen-bond donors (Lipinski definition) is 0. The van der Waals surface area contributed by atoms with Gasteiger partial charge in [0.2, 0.25) is 0 Å². The predicted octanol–water partition coefficient (Wildman–Crippen LogP) is 3.75. The van der Waals surface area contributed by atoms with Crippen LogP contribution in [0, 0.1) is 0 Å². The molecule has 5 nitrogen and oxygen atoms in total. The van der Waals surface area contributed by atoms with E-state index in [0.717, 1.165) is 16.8 Å². The fourth-order valence-corrected chi connectivity index (χ4v) is 2.37. The van der Waals surface area contributed by atoms with Gasteiger partial charge in [0.15, 0.2) is 0 Å². The van der Waals surface area contributed by atoms with Crippen molar-refractivity contribution in [3.05, 3.63) is 66.7 Å². The molecular formula is C20H18N2O3. The van der Waals surface area contributed by atoms with Gasteiger partial charge in [-0.25, -0.2) is 0 Å². The fourth-order valence-electron chi connectivity index (χ4n) is 2.37. The van der Waals surface area contributed by atoms with E-state index in [4.69, 9.17) is 9.47 Å². The number of carbonyl (C=O) groups excluding carboxylic acids is 1. The third-order valence-corrected chi connectivity index (χ3v) is 3.52. The van der Waals surface area contributed by atoms with E-state index in [1.165, 1.54) is 6.92 Å². The molecule has 0 atom stereocenters. The number of ether oxygens (including phenoxy) is 2. The van der Waals surface area contributed by atoms with Gasteiger partial charge < -0.3 is 9.47 Å². The summed E-state index contributed by atoms with van der Waals surface area (Å²) >= 11 is 0. The van der Waals surface area contributed by atoms with Crippen LogP contribution in [0.1, 0.15) is 6.92 Å². The highest BCUT2D eigenvalue weighted by molar-refractivity contribution is 5.70. The van der Waals surface area contributed by atoms with E-state index in [0.29, 0.717) is 11.4 Å². The molecule has 126 valence electrons. The molecule has 0 saturated carbocycles. The number of rotatable bonds is 6. The number of carbonyl (C=O) groups is 1. The van der Waals surface area contributed by atoms with Crippen molar-refractivity contribution in [1.82, 2.24) is 10.2 Å². The first-order valence-corrected chi connectivity index (χ1v) is 7.99. The first-order valence-electron chi connectivity index (χ1n) is 7.99. The van der Waals surface area contributed by atoms with Crippen molar-refractivity contribution in [1.29, 1.82) is 0 Å². The molecule has 1 heterocycles. The third-order valence-electron chi connectivity index (χ3n) is 3.52. The minimum absolute atomic E-state index is 0.187. The predicted molar refractivity (Wildman–Crippen MR) is 95.0 cm³/mol. The van der Waals surface area contributed by atoms with E-state index in [1.807, 2.05) is 66.7 Å². The average molecular weight is 334 g/mol. The van der Waals surface area contributed by atoms with Crippen LogP contribution >= 0.6 is 0 Å². The van der Waals surface area contributed by atoms with Gasteiger partial charge in [-0.05, 0) is 0 Å². The lowest BCUT2D eigenvalue weighted by molar-refractivity contribution is -0.141. The molecule has 0 unspecified atom stereocenters. The molecular weight excluding hydrogens is 316 g/mol. The van der Waals surface area contributed by atoms with Crippen molar-refractivity contribution in [2.45, 2.75) is 6.92 Å². The highest BCUT2D eigenvalue weighted by atomic mass is 16.6. The van der Waals surface area contributed by atoms with Gasteiger partial charge in [-0.3, -0.25) is 4.79 Å². The molecule has 0 spiro atoms. The Morgan fingerprint density at radius 1 is 0.880 bits per heavy atom. The molecule has 0 radical (unpaired) electrons. The van der Waals surface area contributed by atoms with Gasteiger partial charge in [-0.15, -0.1) is 10.2 Å². The smallest absolute Gasteiger partial charge is 0.302 e. The van der Waals surface area contributed by atoms with Gasteiger partial charge in [-0.1, -0.05) is 60.7 Å². The summed E-state index contributed by atoms with van der Waals surface area (Å²) in [6.07, 6.45) is 0. The van der Waals surface area contributed by atoms with E-state index in [-0.39, 0.29) is 19.2 Å². The maximum atomic E-state index is 10.9. The Balaban J connectivity index is 1.90. The summed E-state index contributed by atoms with van der Waals surface area (Å²) in [7, 11) is 0. The second-order valence-electron chi connectivity index (χ2n) is 5.36. The standard InChI is InChI=1S/C20H18N2O3/c1-15(23)24-12-13-25-19-14-18(16-8-4-2-5-9-16)21-22-20(19)17-10-6-3-7-11-17/h2-11,14H,12-13H2,1H3. The van der Waals surface area contributed by atoms with Crippen LogP contribution in [0.3, 0.4) is 0 Å². The maximum absolute atomic E-state index is 10.9. The van der Waals surface area contributed by atoms with Crippen LogP contribution in [-0.2, 0) is 9.53 Å². The van der Waals surface area contributed by atoms with E-state index in [2.05, 4.69) is 10.2 Å². The van der Waals surface area contributed by atoms with Crippen LogP contribution in [0.4, 0.5) is 0 Å². The van der Waals surface area contributed by atoms with Crippen LogP contribution in [0.25, 0.3) is 22.5 Å². The Kier molecular flexibility index (Phi) is 5.36. The Morgan fingerprint density at radius 2 is 1.52 bits per heavy atom. The summed E-state index contributed by atoms with van der Waals surface area (Å²) in [5, 5.41) is 8.68. The van der Waals surface area contributed by atoms with Crippen LogP contribution in [0.15, 0.2) is 66.7 Å². The average Bonchev–Trinajstić information content (AvgIpc) is 2.66. The van der Waals surface area contributed by atoms with Crippen molar-refractivity contribution < 1.29 is 14.3 Å². The molecule has 5 heteroatoms. The zero-order chi connectivity index (χ0) is 17.5. The molecule has 0 N–H and O–H groups in total. The highest BCUT2D eigenvalue weighted by Crippen LogP contribution is 2.30. The summed E-state index contributed by atoms with van der Waals surface area (Å²) in [6.45, 7) is 1.81. The molecule has 0 amide bonds. The minimum Gasteiger partial charge on any atom is -0.488 e. The van der Waals surface area contributed by atoms with Crippen molar-refractivity contribution >= 4 is 5.97 Å². The lowest BCUT2D eigenvalue weighted by Crippen LogP contribution is -2.10. The molecule has 0 aliphatic heterocycles. The van der Waals surface area contributed by atoms with Crippen LogP contribution < -0.4 is 4.74 Å². The number of aromatic nitrogens is 2. The van der Waals surface area contributed by atoms with E-state index in [9.17, 15) is 4.79 Å². The molecule has 25 heavy (non-hydrogen) atoms. The summed E-state index contributed by atoms with van der Waals surface area (Å²) < 4.78 is 10.7.